The minimum absolute atomic E-state index is 0.140. The SMILES string of the molecule is NC(=O)c1nnn(-c2ccccc2)c1Cc1ccc2c(c1)B(O)OC2. The van der Waals surface area contributed by atoms with Crippen molar-refractivity contribution in [1.29, 1.82) is 0 Å². The van der Waals surface area contributed by atoms with Crippen molar-refractivity contribution in [2.24, 2.45) is 5.73 Å². The van der Waals surface area contributed by atoms with Gasteiger partial charge in [0, 0.05) is 6.42 Å². The second kappa shape index (κ2) is 6.16. The monoisotopic (exact) mass is 334 g/mol. The third kappa shape index (κ3) is 2.81. The van der Waals surface area contributed by atoms with Crippen LogP contribution in [-0.2, 0) is 17.7 Å². The van der Waals surface area contributed by atoms with Crippen molar-refractivity contribution in [3.8, 4) is 5.69 Å². The Morgan fingerprint density at radius 3 is 2.84 bits per heavy atom. The van der Waals surface area contributed by atoms with Gasteiger partial charge in [0.1, 0.15) is 0 Å². The van der Waals surface area contributed by atoms with Crippen LogP contribution in [0, 0.1) is 0 Å². The lowest BCUT2D eigenvalue weighted by Crippen LogP contribution is -2.28. The van der Waals surface area contributed by atoms with Crippen LogP contribution >= 0.6 is 0 Å². The van der Waals surface area contributed by atoms with Crippen LogP contribution in [0.15, 0.2) is 48.5 Å². The predicted molar refractivity (Wildman–Crippen MR) is 91.5 cm³/mol. The van der Waals surface area contributed by atoms with Gasteiger partial charge in [0.05, 0.1) is 18.0 Å². The largest absolute Gasteiger partial charge is 0.491 e. The average Bonchev–Trinajstić information content (AvgIpc) is 3.20. The molecule has 0 bridgehead atoms. The normalized spacial score (nSPS) is 13.1. The van der Waals surface area contributed by atoms with E-state index in [0.29, 0.717) is 18.7 Å². The molecule has 124 valence electrons. The van der Waals surface area contributed by atoms with Crippen LogP contribution in [0.2, 0.25) is 0 Å². The van der Waals surface area contributed by atoms with Crippen molar-refractivity contribution in [2.45, 2.75) is 13.0 Å². The molecule has 25 heavy (non-hydrogen) atoms. The van der Waals surface area contributed by atoms with Crippen molar-refractivity contribution < 1.29 is 14.5 Å². The highest BCUT2D eigenvalue weighted by Gasteiger charge is 2.27. The minimum atomic E-state index is -0.914. The molecule has 7 nitrogen and oxygen atoms in total. The maximum absolute atomic E-state index is 11.7. The first-order valence-electron chi connectivity index (χ1n) is 7.84. The summed E-state index contributed by atoms with van der Waals surface area (Å²) in [7, 11) is -0.914. The number of nitrogens with zero attached hydrogens (tertiary/aromatic N) is 3. The van der Waals surface area contributed by atoms with Gasteiger partial charge in [-0.15, -0.1) is 5.10 Å². The molecule has 1 aliphatic heterocycles. The van der Waals surface area contributed by atoms with Gasteiger partial charge < -0.3 is 15.4 Å². The highest BCUT2D eigenvalue weighted by Crippen LogP contribution is 2.18. The molecule has 0 fully saturated rings. The lowest BCUT2D eigenvalue weighted by Gasteiger charge is -2.09. The molecule has 1 aliphatic rings. The van der Waals surface area contributed by atoms with Crippen LogP contribution in [0.5, 0.6) is 0 Å². The molecule has 2 heterocycles. The molecule has 0 radical (unpaired) electrons. The number of hydrogen-bond donors (Lipinski definition) is 2. The van der Waals surface area contributed by atoms with E-state index in [1.807, 2.05) is 48.5 Å². The van der Waals surface area contributed by atoms with Gasteiger partial charge in [0.25, 0.3) is 5.91 Å². The molecule has 0 saturated carbocycles. The van der Waals surface area contributed by atoms with Crippen LogP contribution in [-0.4, -0.2) is 33.0 Å². The first-order valence-corrected chi connectivity index (χ1v) is 7.84. The van der Waals surface area contributed by atoms with E-state index in [1.54, 1.807) is 4.68 Å². The van der Waals surface area contributed by atoms with Gasteiger partial charge in [0.2, 0.25) is 0 Å². The number of carbonyl (C=O) groups excluding carboxylic acids is 1. The minimum Gasteiger partial charge on any atom is -0.423 e. The Morgan fingerprint density at radius 2 is 2.08 bits per heavy atom. The lowest BCUT2D eigenvalue weighted by atomic mass is 9.78. The molecule has 2 aromatic carbocycles. The lowest BCUT2D eigenvalue weighted by molar-refractivity contribution is 0.0994. The summed E-state index contributed by atoms with van der Waals surface area (Å²) in [5.41, 5.74) is 9.61. The van der Waals surface area contributed by atoms with Crippen molar-refractivity contribution in [1.82, 2.24) is 15.0 Å². The number of carbonyl (C=O) groups is 1. The number of primary amides is 1. The molecule has 3 N–H and O–H groups in total. The molecule has 3 aromatic rings. The van der Waals surface area contributed by atoms with Crippen LogP contribution in [0.25, 0.3) is 5.69 Å². The fourth-order valence-electron chi connectivity index (χ4n) is 3.00. The molecular formula is C17H15BN4O3. The molecule has 0 saturated heterocycles. The van der Waals surface area contributed by atoms with E-state index < -0.39 is 13.0 Å². The zero-order valence-electron chi connectivity index (χ0n) is 13.3. The number of para-hydroxylation sites is 1. The first-order chi connectivity index (χ1) is 12.1. The molecule has 0 spiro atoms. The summed E-state index contributed by atoms with van der Waals surface area (Å²) in [5, 5.41) is 17.9. The van der Waals surface area contributed by atoms with Crippen molar-refractivity contribution in [3.05, 3.63) is 71.0 Å². The topological polar surface area (TPSA) is 103 Å². The second-order valence-electron chi connectivity index (χ2n) is 5.87. The van der Waals surface area contributed by atoms with E-state index in [1.165, 1.54) is 0 Å². The summed E-state index contributed by atoms with van der Waals surface area (Å²) in [5.74, 6) is -0.623. The van der Waals surface area contributed by atoms with E-state index in [2.05, 4.69) is 10.3 Å². The maximum atomic E-state index is 11.7. The Morgan fingerprint density at radius 1 is 1.28 bits per heavy atom. The number of hydrogen-bond acceptors (Lipinski definition) is 5. The Hall–Kier alpha value is -2.97. The van der Waals surface area contributed by atoms with E-state index in [-0.39, 0.29) is 5.69 Å². The summed E-state index contributed by atoms with van der Waals surface area (Å²) in [6, 6.07) is 15.2. The fraction of sp³-hybridized carbons (Fsp3) is 0.118. The van der Waals surface area contributed by atoms with Crippen LogP contribution < -0.4 is 11.2 Å². The number of aromatic nitrogens is 3. The van der Waals surface area contributed by atoms with Gasteiger partial charge in [-0.3, -0.25) is 4.79 Å². The fourth-order valence-corrected chi connectivity index (χ4v) is 3.00. The molecule has 0 atom stereocenters. The van der Waals surface area contributed by atoms with E-state index in [0.717, 1.165) is 22.3 Å². The highest BCUT2D eigenvalue weighted by atomic mass is 16.5. The molecule has 8 heteroatoms. The summed E-state index contributed by atoms with van der Waals surface area (Å²) in [6.07, 6.45) is 0.403. The zero-order valence-corrected chi connectivity index (χ0v) is 13.3. The van der Waals surface area contributed by atoms with Gasteiger partial charge in [-0.2, -0.15) is 0 Å². The Labute approximate surface area is 144 Å². The smallest absolute Gasteiger partial charge is 0.423 e. The standard InChI is InChI=1S/C17H15BN4O3/c19-17(23)16-15(22(21-20-16)13-4-2-1-3-5-13)9-11-6-7-12-10-25-18(24)14(12)8-11/h1-8,24H,9-10H2,(H2,19,23). The van der Waals surface area contributed by atoms with Crippen LogP contribution in [0.4, 0.5) is 0 Å². The first kappa shape index (κ1) is 15.6. The van der Waals surface area contributed by atoms with Crippen LogP contribution in [0.1, 0.15) is 27.3 Å². The predicted octanol–water partition coefficient (Wildman–Crippen LogP) is 0.175. The molecule has 1 aromatic heterocycles. The zero-order chi connectivity index (χ0) is 17.4. The molecule has 1 amide bonds. The van der Waals surface area contributed by atoms with E-state index in [4.69, 9.17) is 10.4 Å². The average molecular weight is 334 g/mol. The Bertz CT molecular complexity index is 942. The third-order valence-corrected chi connectivity index (χ3v) is 4.24. The van der Waals surface area contributed by atoms with Crippen molar-refractivity contribution in [3.63, 3.8) is 0 Å². The number of rotatable bonds is 4. The Kier molecular flexibility index (Phi) is 3.83. The van der Waals surface area contributed by atoms with Gasteiger partial charge in [-0.05, 0) is 28.7 Å². The molecule has 0 aliphatic carbocycles. The van der Waals surface area contributed by atoms with Crippen molar-refractivity contribution >= 4 is 18.5 Å². The van der Waals surface area contributed by atoms with Gasteiger partial charge in [0.15, 0.2) is 5.69 Å². The van der Waals surface area contributed by atoms with E-state index >= 15 is 0 Å². The summed E-state index contributed by atoms with van der Waals surface area (Å²) < 4.78 is 6.83. The van der Waals surface area contributed by atoms with Gasteiger partial charge >= 0.3 is 7.12 Å². The molecule has 4 rings (SSSR count). The third-order valence-electron chi connectivity index (χ3n) is 4.24. The molecular weight excluding hydrogens is 319 g/mol. The summed E-state index contributed by atoms with van der Waals surface area (Å²) >= 11 is 0. The highest BCUT2D eigenvalue weighted by molar-refractivity contribution is 6.61. The molecule has 0 unspecified atom stereocenters. The van der Waals surface area contributed by atoms with Crippen molar-refractivity contribution in [2.75, 3.05) is 0 Å². The number of nitrogens with two attached hydrogens (primary N) is 1. The van der Waals surface area contributed by atoms with Gasteiger partial charge in [-0.1, -0.05) is 41.6 Å². The van der Waals surface area contributed by atoms with Crippen LogP contribution in [0.3, 0.4) is 0 Å². The second-order valence-corrected chi connectivity index (χ2v) is 5.87. The Balaban J connectivity index is 1.76. The number of benzene rings is 2. The van der Waals surface area contributed by atoms with Gasteiger partial charge in [-0.25, -0.2) is 4.68 Å². The summed E-state index contributed by atoms with van der Waals surface area (Å²) in [6.45, 7) is 0.396. The number of fused-ring (bicyclic) bond motifs is 1. The quantitative estimate of drug-likeness (QED) is 0.662. The van der Waals surface area contributed by atoms with E-state index in [9.17, 15) is 9.82 Å². The maximum Gasteiger partial charge on any atom is 0.491 e. The number of amides is 1. The summed E-state index contributed by atoms with van der Waals surface area (Å²) in [4.78, 5) is 11.7.